The first-order valence-electron chi connectivity index (χ1n) is 6.17. The van der Waals surface area contributed by atoms with E-state index in [-0.39, 0.29) is 12.4 Å². The molecule has 1 rings (SSSR count). The summed E-state index contributed by atoms with van der Waals surface area (Å²) in [6, 6.07) is 6.62. The zero-order valence-electron chi connectivity index (χ0n) is 12.6. The van der Waals surface area contributed by atoms with Crippen LogP contribution in [0.4, 0.5) is 0 Å². The Balaban J connectivity index is 0. The predicted molar refractivity (Wildman–Crippen MR) is 82.8 cm³/mol. The number of nitrogens with zero attached hydrogens (tertiary/aromatic N) is 1. The summed E-state index contributed by atoms with van der Waals surface area (Å²) in [4.78, 5) is 10.4. The fourth-order valence-electron chi connectivity index (χ4n) is 1.05. The Morgan fingerprint density at radius 1 is 1.38 bits per heavy atom. The van der Waals surface area contributed by atoms with Gasteiger partial charge in [-0.25, -0.2) is 4.79 Å². The third kappa shape index (κ3) is 12.8. The van der Waals surface area contributed by atoms with Crippen LogP contribution in [0.15, 0.2) is 24.3 Å². The lowest BCUT2D eigenvalue weighted by molar-refractivity contribution is -0.867. The number of benzene rings is 1. The second kappa shape index (κ2) is 11.0. The van der Waals surface area contributed by atoms with E-state index in [0.29, 0.717) is 10.8 Å². The van der Waals surface area contributed by atoms with E-state index in [1.54, 1.807) is 24.3 Å². The fraction of sp³-hybridized carbons (Fsp3) is 0.500. The third-order valence-electron chi connectivity index (χ3n) is 2.21. The second-order valence-electron chi connectivity index (χ2n) is 5.26. The highest BCUT2D eigenvalue weighted by Crippen LogP contribution is 2.18. The number of rotatable bonds is 5. The molecule has 1 atom stereocenters. The molecule has 0 spiro atoms. The van der Waals surface area contributed by atoms with Gasteiger partial charge in [-0.15, -0.1) is 11.6 Å². The molecule has 1 aromatic rings. The van der Waals surface area contributed by atoms with Crippen molar-refractivity contribution in [3.63, 3.8) is 0 Å². The van der Waals surface area contributed by atoms with E-state index < -0.39 is 12.1 Å². The SMILES string of the molecule is CC(Oc1cccc(Cl)c1)C(=O)O.C[N+](C)(C)CCCl.[Cl-]. The van der Waals surface area contributed by atoms with Gasteiger partial charge in [0.05, 0.1) is 33.6 Å². The highest BCUT2D eigenvalue weighted by Gasteiger charge is 2.11. The molecule has 1 unspecified atom stereocenters. The quantitative estimate of drug-likeness (QED) is 0.601. The number of carboxylic acid groups (broad SMARTS) is 1. The highest BCUT2D eigenvalue weighted by molar-refractivity contribution is 6.30. The van der Waals surface area contributed by atoms with Gasteiger partial charge in [-0.1, -0.05) is 17.7 Å². The Morgan fingerprint density at radius 3 is 2.29 bits per heavy atom. The molecule has 0 aliphatic carbocycles. The first-order chi connectivity index (χ1) is 9.15. The molecule has 0 aliphatic heterocycles. The molecule has 0 saturated heterocycles. The van der Waals surface area contributed by atoms with E-state index in [1.807, 2.05) is 0 Å². The van der Waals surface area contributed by atoms with Crippen molar-refractivity contribution in [2.75, 3.05) is 33.6 Å². The first kappa shape index (κ1) is 22.6. The Kier molecular flexibility index (Phi) is 11.8. The number of hydrogen-bond acceptors (Lipinski definition) is 2. The zero-order chi connectivity index (χ0) is 15.8. The molecular formula is C14H22Cl3NO3. The number of hydrogen-bond donors (Lipinski definition) is 1. The summed E-state index contributed by atoms with van der Waals surface area (Å²) < 4.78 is 6.03. The van der Waals surface area contributed by atoms with Crippen molar-refractivity contribution in [3.8, 4) is 5.75 Å². The average Bonchev–Trinajstić information content (AvgIpc) is 2.27. The molecule has 0 amide bonds. The molecule has 7 heteroatoms. The molecule has 0 heterocycles. The van der Waals surface area contributed by atoms with E-state index >= 15 is 0 Å². The number of carbonyl (C=O) groups is 1. The molecule has 0 fully saturated rings. The van der Waals surface area contributed by atoms with E-state index in [1.165, 1.54) is 6.92 Å². The Hall–Kier alpha value is -0.680. The Bertz CT molecular complexity index is 422. The van der Waals surface area contributed by atoms with Crippen LogP contribution in [-0.2, 0) is 4.79 Å². The maximum Gasteiger partial charge on any atom is 0.344 e. The molecule has 0 bridgehead atoms. The molecule has 1 aromatic carbocycles. The monoisotopic (exact) mass is 357 g/mol. The average molecular weight is 359 g/mol. The van der Waals surface area contributed by atoms with Crippen LogP contribution in [0, 0.1) is 0 Å². The zero-order valence-corrected chi connectivity index (χ0v) is 14.9. The van der Waals surface area contributed by atoms with Crippen LogP contribution in [-0.4, -0.2) is 55.2 Å². The highest BCUT2D eigenvalue weighted by atomic mass is 35.5. The van der Waals surface area contributed by atoms with Crippen molar-refractivity contribution in [2.24, 2.45) is 0 Å². The van der Waals surface area contributed by atoms with Crippen LogP contribution < -0.4 is 17.1 Å². The van der Waals surface area contributed by atoms with Crippen molar-refractivity contribution in [1.82, 2.24) is 0 Å². The molecule has 4 nitrogen and oxygen atoms in total. The largest absolute Gasteiger partial charge is 1.00 e. The van der Waals surface area contributed by atoms with Gasteiger partial charge < -0.3 is 26.7 Å². The van der Waals surface area contributed by atoms with Crippen molar-refractivity contribution < 1.29 is 31.5 Å². The maximum atomic E-state index is 10.4. The summed E-state index contributed by atoms with van der Waals surface area (Å²) in [6.07, 6.45) is -0.863. The third-order valence-corrected chi connectivity index (χ3v) is 2.62. The van der Waals surface area contributed by atoms with Crippen LogP contribution in [0.2, 0.25) is 5.02 Å². The van der Waals surface area contributed by atoms with E-state index in [0.717, 1.165) is 16.9 Å². The minimum Gasteiger partial charge on any atom is -1.00 e. The molecular weight excluding hydrogens is 337 g/mol. The molecule has 1 N–H and O–H groups in total. The number of alkyl halides is 1. The van der Waals surface area contributed by atoms with Crippen LogP contribution >= 0.6 is 23.2 Å². The first-order valence-corrected chi connectivity index (χ1v) is 7.08. The maximum absolute atomic E-state index is 10.4. The van der Waals surface area contributed by atoms with Gasteiger partial charge in [0.15, 0.2) is 6.10 Å². The Morgan fingerprint density at radius 2 is 1.95 bits per heavy atom. The van der Waals surface area contributed by atoms with Crippen molar-refractivity contribution in [2.45, 2.75) is 13.0 Å². The van der Waals surface area contributed by atoms with Crippen LogP contribution in [0.1, 0.15) is 6.92 Å². The predicted octanol–water partition coefficient (Wildman–Crippen LogP) is 0.127. The molecule has 0 radical (unpaired) electrons. The van der Waals surface area contributed by atoms with Gasteiger partial charge in [0, 0.05) is 5.02 Å². The molecule has 0 aromatic heterocycles. The standard InChI is InChI=1S/C9H9ClO3.C5H13ClN.ClH/c1-6(9(11)12)13-8-4-2-3-7(10)5-8;1-7(2,3)5-4-6;/h2-6H,1H3,(H,11,12);4-5H2,1-3H3;1H/q;+1;/p-1. The minimum atomic E-state index is -1.00. The Labute approximate surface area is 142 Å². The lowest BCUT2D eigenvalue weighted by atomic mass is 10.3. The second-order valence-corrected chi connectivity index (χ2v) is 6.07. The minimum absolute atomic E-state index is 0. The van der Waals surface area contributed by atoms with Gasteiger partial charge in [-0.3, -0.25) is 0 Å². The van der Waals surface area contributed by atoms with Gasteiger partial charge in [-0.2, -0.15) is 0 Å². The number of quaternary nitrogens is 1. The van der Waals surface area contributed by atoms with Gasteiger partial charge in [0.25, 0.3) is 0 Å². The summed E-state index contributed by atoms with van der Waals surface area (Å²) in [6.45, 7) is 2.50. The topological polar surface area (TPSA) is 46.5 Å². The molecule has 0 saturated carbocycles. The fourth-order valence-corrected chi connectivity index (χ4v) is 1.74. The summed E-state index contributed by atoms with van der Waals surface area (Å²) in [5, 5.41) is 9.08. The molecule has 122 valence electrons. The van der Waals surface area contributed by atoms with Crippen molar-refractivity contribution >= 4 is 29.2 Å². The van der Waals surface area contributed by atoms with Crippen molar-refractivity contribution in [1.29, 1.82) is 0 Å². The normalized spacial score (nSPS) is 11.5. The summed E-state index contributed by atoms with van der Waals surface area (Å²) in [5.41, 5.74) is 0. The summed E-state index contributed by atoms with van der Waals surface area (Å²) >= 11 is 11.2. The number of halogens is 3. The molecule has 0 aliphatic rings. The number of carboxylic acids is 1. The van der Waals surface area contributed by atoms with Crippen LogP contribution in [0.5, 0.6) is 5.75 Å². The van der Waals surface area contributed by atoms with Gasteiger partial charge in [0.2, 0.25) is 0 Å². The van der Waals surface area contributed by atoms with Gasteiger partial charge in [-0.05, 0) is 25.1 Å². The number of aliphatic carboxylic acids is 1. The summed E-state index contributed by atoms with van der Waals surface area (Å²) in [7, 11) is 6.38. The molecule has 21 heavy (non-hydrogen) atoms. The van der Waals surface area contributed by atoms with E-state index in [9.17, 15) is 4.79 Å². The summed E-state index contributed by atoms with van der Waals surface area (Å²) in [5.74, 6) is 0.214. The van der Waals surface area contributed by atoms with Gasteiger partial charge >= 0.3 is 5.97 Å². The van der Waals surface area contributed by atoms with E-state index in [2.05, 4.69) is 21.1 Å². The van der Waals surface area contributed by atoms with Crippen LogP contribution in [0.3, 0.4) is 0 Å². The van der Waals surface area contributed by atoms with Crippen molar-refractivity contribution in [3.05, 3.63) is 29.3 Å². The number of ether oxygens (including phenoxy) is 1. The lowest BCUT2D eigenvalue weighted by Crippen LogP contribution is -3.00. The van der Waals surface area contributed by atoms with E-state index in [4.69, 9.17) is 33.0 Å². The smallest absolute Gasteiger partial charge is 0.344 e. The van der Waals surface area contributed by atoms with Gasteiger partial charge in [0.1, 0.15) is 5.75 Å². The van der Waals surface area contributed by atoms with Crippen LogP contribution in [0.25, 0.3) is 0 Å². The lowest BCUT2D eigenvalue weighted by Gasteiger charge is -2.21.